The lowest BCUT2D eigenvalue weighted by Crippen LogP contribution is -2.63. The van der Waals surface area contributed by atoms with Gasteiger partial charge < -0.3 is 29.1 Å². The molecule has 2 saturated heterocycles. The number of carbonyl (C=O) groups is 2. The van der Waals surface area contributed by atoms with Gasteiger partial charge >= 0.3 is 12.2 Å². The molecule has 1 saturated carbocycles. The number of anilines is 2. The Labute approximate surface area is 606 Å². The first-order chi connectivity index (χ1) is 46.9. The lowest BCUT2D eigenvalue weighted by Gasteiger charge is -2.36. The van der Waals surface area contributed by atoms with E-state index in [0.717, 1.165) is 46.4 Å². The predicted octanol–water partition coefficient (Wildman–Crippen LogP) is 3.28. The molecule has 0 N–H and O–H groups in total. The minimum Gasteiger partial charge on any atom is -0.444 e. The first-order valence-electron chi connectivity index (χ1n) is 32.6. The van der Waals surface area contributed by atoms with Gasteiger partial charge in [0, 0.05) is 269 Å². The number of piperazine rings is 2. The van der Waals surface area contributed by atoms with Gasteiger partial charge in [-0.1, -0.05) is 48.0 Å². The van der Waals surface area contributed by atoms with Gasteiger partial charge in [0.1, 0.15) is 34.5 Å². The number of pyridine rings is 4. The molecule has 0 unspecified atom stereocenters. The van der Waals surface area contributed by atoms with Crippen molar-refractivity contribution < 1.29 is 27.8 Å². The van der Waals surface area contributed by atoms with Crippen molar-refractivity contribution in [2.24, 2.45) is 0 Å². The number of amides is 2. The minimum absolute atomic E-state index is 0.247. The third kappa shape index (κ3) is 21.9. The van der Waals surface area contributed by atoms with Gasteiger partial charge in [-0.2, -0.15) is 0 Å². The van der Waals surface area contributed by atoms with E-state index in [1.54, 1.807) is 71.1 Å². The molecule has 16 nitrogen and oxygen atoms in total. The number of carbonyl (C=O) groups excluding carboxylic acids is 2. The molecule has 465 valence electrons. The summed E-state index contributed by atoms with van der Waals surface area (Å²) in [6, 6.07) is 20.9. The van der Waals surface area contributed by atoms with Gasteiger partial charge in [0.05, 0.1) is 33.8 Å². The molecule has 25 radical (unpaired) electrons. The Morgan fingerprint density at radius 2 is 0.939 bits per heavy atom. The summed E-state index contributed by atoms with van der Waals surface area (Å²) < 4.78 is 39.6. The fraction of sp³-hybridized carbons (Fsp3) is 0.356. The summed E-state index contributed by atoms with van der Waals surface area (Å²) in [5, 5.41) is 2.19. The van der Waals surface area contributed by atoms with Gasteiger partial charge in [0.25, 0.3) is 0 Å². The number of ether oxygens (including phenoxy) is 2. The van der Waals surface area contributed by atoms with E-state index in [1.165, 1.54) is 24.8 Å². The Hall–Kier alpha value is -6.63. The second-order valence-corrected chi connectivity index (χ2v) is 26.9. The number of hydrogen-bond acceptors (Lipinski definition) is 14. The van der Waals surface area contributed by atoms with E-state index in [0.29, 0.717) is 121 Å². The molecule has 3 fully saturated rings. The van der Waals surface area contributed by atoms with Crippen molar-refractivity contribution in [3.63, 3.8) is 0 Å². The molecule has 11 rings (SSSR count). The van der Waals surface area contributed by atoms with Crippen molar-refractivity contribution in [3.05, 3.63) is 155 Å². The van der Waals surface area contributed by atoms with Crippen molar-refractivity contribution in [1.29, 1.82) is 0 Å². The summed E-state index contributed by atoms with van der Waals surface area (Å²) in [6.07, 6.45) is 8.17. The second-order valence-electron chi connectivity index (χ2n) is 26.5. The van der Waals surface area contributed by atoms with E-state index < -0.39 is 55.9 Å². The van der Waals surface area contributed by atoms with Crippen molar-refractivity contribution in [2.75, 3.05) is 62.2 Å². The van der Waals surface area contributed by atoms with Crippen LogP contribution in [0.25, 0.3) is 44.6 Å². The molecule has 0 bridgehead atoms. The number of hydrogen-bond donors (Lipinski definition) is 0. The van der Waals surface area contributed by atoms with Crippen LogP contribution < -0.4 is 9.80 Å². The van der Waals surface area contributed by atoms with Crippen molar-refractivity contribution >= 4 is 208 Å². The summed E-state index contributed by atoms with van der Waals surface area (Å²) in [6.45, 7) is 15.6. The number of fused-ring (bicyclic) bond motifs is 2. The molecule has 2 amide bonds. The Bertz CT molecular complexity index is 4010. The quantitative estimate of drug-likeness (QED) is 0.129. The van der Waals surface area contributed by atoms with Crippen molar-refractivity contribution in [3.8, 4) is 22.8 Å². The Kier molecular flexibility index (Phi) is 27.9. The Morgan fingerprint density at radius 3 is 1.30 bits per heavy atom. The molecule has 40 heteroatoms. The molecular formula is C59H61B21ClF2N12O4. The Balaban J connectivity index is 0.000000196. The maximum atomic E-state index is 14.3. The number of benzene rings is 2. The maximum Gasteiger partial charge on any atom is 0.410 e. The van der Waals surface area contributed by atoms with E-state index >= 15 is 0 Å². The van der Waals surface area contributed by atoms with E-state index in [2.05, 4.69) is 29.7 Å². The van der Waals surface area contributed by atoms with Crippen molar-refractivity contribution in [2.45, 2.75) is 84.3 Å². The van der Waals surface area contributed by atoms with E-state index in [9.17, 15) is 18.4 Å². The average molecular weight is 1300 g/mol. The molecule has 99 heavy (non-hydrogen) atoms. The van der Waals surface area contributed by atoms with E-state index in [1.807, 2.05) is 78.1 Å². The van der Waals surface area contributed by atoms with Crippen LogP contribution in [0.3, 0.4) is 0 Å². The summed E-state index contributed by atoms with van der Waals surface area (Å²) in [5.41, 5.74) is 5.67. The fourth-order valence-corrected chi connectivity index (χ4v) is 11.4. The maximum absolute atomic E-state index is 14.3. The highest BCUT2D eigenvalue weighted by Gasteiger charge is 2.34. The van der Waals surface area contributed by atoms with Crippen LogP contribution in [0.5, 0.6) is 0 Å². The lowest BCUT2D eigenvalue weighted by atomic mass is 8.56. The van der Waals surface area contributed by atoms with Gasteiger partial charge in [0.15, 0.2) is 11.6 Å². The van der Waals surface area contributed by atoms with E-state index in [4.69, 9.17) is 134 Å². The minimum atomic E-state index is -0.667. The number of aromatic nitrogens is 8. The van der Waals surface area contributed by atoms with Gasteiger partial charge in [-0.15, -0.1) is 0 Å². The number of nitrogens with zero attached hydrogens (tertiary/aromatic N) is 12. The molecule has 6 aromatic heterocycles. The van der Waals surface area contributed by atoms with Crippen LogP contribution in [0.1, 0.15) is 88.4 Å². The van der Waals surface area contributed by atoms with Crippen LogP contribution in [0.2, 0.25) is 5.02 Å². The van der Waals surface area contributed by atoms with E-state index in [-0.39, 0.29) is 30.2 Å². The summed E-state index contributed by atoms with van der Waals surface area (Å²) >= 11 is 6.56. The largest absolute Gasteiger partial charge is 0.444 e. The summed E-state index contributed by atoms with van der Waals surface area (Å²) in [7, 11) is 65.3. The molecule has 3 aliphatic rings. The SMILES string of the molecule is CC(C)(C)OC(=O)N1CCN(c2nc(-c3ccnc(Cc4ccccc4F)c3)nc3cncc(C4CC4)c23)CC1.CC(C)(C)OC(=O)N1CCN(c2nc(-c3ccnc(Cc4ccccc4F)c3)nc3cncc(Cl)c23)CC1.[B]B([B])B(B([B])[B])B([B])[B].[B][B]B([B])B(B([B])[B])B([B])[B]. The molecule has 0 spiro atoms. The predicted molar refractivity (Wildman–Crippen MR) is 417 cm³/mol. The molecule has 8 heterocycles. The molecule has 0 atom stereocenters. The molecule has 8 aromatic rings. The van der Waals surface area contributed by atoms with Crippen LogP contribution in [0.15, 0.2) is 110 Å². The van der Waals surface area contributed by atoms with Crippen LogP contribution in [-0.4, -0.2) is 276 Å². The van der Waals surface area contributed by atoms with Crippen LogP contribution in [0.4, 0.5) is 30.0 Å². The normalized spacial score (nSPS) is 13.6. The zero-order chi connectivity index (χ0) is 72.0. The first kappa shape index (κ1) is 78.1. The van der Waals surface area contributed by atoms with Crippen molar-refractivity contribution in [1.82, 2.24) is 49.7 Å². The standard InChI is InChI=1S/C31H33FN6O2.C28H28ClFN6O2.B11.B10/c1-31(2,3)40-30(39)38-14-12-37(13-15-38)29-27-24(20-8-9-20)18-33-19-26(27)35-28(36-29)22-10-11-34-23(17-22)16-21-6-4-5-7-25(21)32;1-28(2,3)38-27(37)36-12-10-35(11-13-36)26-24-21(29)16-31-17-23(24)33-25(34-26)19-8-9-32-20(15-19)14-18-6-4-5-7-22(18)30;1-7-10(6)11(8(2)3)9(4)5;1-7(2)10(8(3)4)9(5)6/h4-7,10-11,17-20H,8-9,12-16H2,1-3H3;4-9,15-17H,10-14H2,1-3H3;;. The van der Waals surface area contributed by atoms with Gasteiger partial charge in [0.2, 0.25) is 0 Å². The first-order valence-corrected chi connectivity index (χ1v) is 32.9. The smallest absolute Gasteiger partial charge is 0.410 e. The zero-order valence-electron chi connectivity index (χ0n) is 56.7. The second kappa shape index (κ2) is 35.3. The summed E-state index contributed by atoms with van der Waals surface area (Å²) in [4.78, 5) is 70.3. The number of halogens is 3. The summed E-state index contributed by atoms with van der Waals surface area (Å²) in [5.74, 6) is 2.56. The fourth-order valence-electron chi connectivity index (χ4n) is 11.2. The van der Waals surface area contributed by atoms with Crippen LogP contribution >= 0.6 is 11.6 Å². The third-order valence-corrected chi connectivity index (χ3v) is 16.6. The van der Waals surface area contributed by atoms with Gasteiger partial charge in [-0.05, 0) is 113 Å². The molecule has 1 aliphatic carbocycles. The monoisotopic (exact) mass is 1310 g/mol. The molecular weight excluding hydrogens is 1240 g/mol. The topological polar surface area (TPSA) is 169 Å². The van der Waals surface area contributed by atoms with Gasteiger partial charge in [-0.25, -0.2) is 38.3 Å². The van der Waals surface area contributed by atoms with Gasteiger partial charge in [-0.3, -0.25) is 19.9 Å². The highest BCUT2D eigenvalue weighted by molar-refractivity contribution is 8.02. The third-order valence-electron chi connectivity index (χ3n) is 16.3. The Morgan fingerprint density at radius 1 is 0.545 bits per heavy atom. The van der Waals surface area contributed by atoms with Crippen LogP contribution in [0, 0.1) is 11.6 Å². The highest BCUT2D eigenvalue weighted by Crippen LogP contribution is 2.45. The molecule has 2 aromatic carbocycles. The van der Waals surface area contributed by atoms with Crippen LogP contribution in [-0.2, 0) is 22.3 Å². The number of rotatable bonds is 16. The zero-order valence-corrected chi connectivity index (χ0v) is 57.5. The average Bonchev–Trinajstić information content (AvgIpc) is 1.73. The lowest BCUT2D eigenvalue weighted by molar-refractivity contribution is 0.0230. The highest BCUT2D eigenvalue weighted by atomic mass is 35.5. The molecule has 2 aliphatic heterocycles.